The van der Waals surface area contributed by atoms with Gasteiger partial charge in [-0.2, -0.15) is 13.2 Å². The van der Waals surface area contributed by atoms with Gasteiger partial charge in [0.15, 0.2) is 0 Å². The minimum Gasteiger partial charge on any atom is -0.480 e. The molecule has 116 valence electrons. The summed E-state index contributed by atoms with van der Waals surface area (Å²) in [6.45, 7) is 3.64. The quantitative estimate of drug-likeness (QED) is 0.707. The van der Waals surface area contributed by atoms with E-state index in [0.717, 1.165) is 0 Å². The molecule has 0 aliphatic heterocycles. The van der Waals surface area contributed by atoms with E-state index in [4.69, 9.17) is 9.84 Å². The summed E-state index contributed by atoms with van der Waals surface area (Å²) in [4.78, 5) is 32.6. The molecule has 0 spiro atoms. The monoisotopic (exact) mass is 300 g/mol. The van der Waals surface area contributed by atoms with Crippen molar-refractivity contribution in [2.45, 2.75) is 38.6 Å². The maximum absolute atomic E-state index is 11.9. The van der Waals surface area contributed by atoms with Crippen LogP contribution in [-0.4, -0.2) is 47.4 Å². The van der Waals surface area contributed by atoms with E-state index in [0.29, 0.717) is 0 Å². The van der Waals surface area contributed by atoms with Gasteiger partial charge < -0.3 is 20.5 Å². The van der Waals surface area contributed by atoms with Gasteiger partial charge in [-0.05, 0) is 20.8 Å². The highest BCUT2D eigenvalue weighted by Gasteiger charge is 2.39. The second-order valence-electron chi connectivity index (χ2n) is 4.74. The van der Waals surface area contributed by atoms with E-state index in [1.807, 2.05) is 5.32 Å². The summed E-state index contributed by atoms with van der Waals surface area (Å²) in [5.41, 5.74) is -0.900. The zero-order chi connectivity index (χ0) is 16.1. The van der Waals surface area contributed by atoms with Crippen molar-refractivity contribution in [3.05, 3.63) is 0 Å². The van der Waals surface area contributed by atoms with Crippen molar-refractivity contribution in [2.24, 2.45) is 0 Å². The first-order valence-electron chi connectivity index (χ1n) is 5.40. The molecule has 0 saturated carbocycles. The Labute approximate surface area is 112 Å². The standard InChI is InChI=1S/C10H15F3N2O5/c1-9(2,3)20-8(19)15-5(6(16)17)4-14-7(18)10(11,12)13/h5H,4H2,1-3H3,(H,14,18)(H,15,19)(H,16,17). The average Bonchev–Trinajstić information content (AvgIpc) is 2.18. The molecule has 1 unspecified atom stereocenters. The van der Waals surface area contributed by atoms with Crippen LogP contribution in [0.1, 0.15) is 20.8 Å². The van der Waals surface area contributed by atoms with Gasteiger partial charge in [0.1, 0.15) is 11.6 Å². The van der Waals surface area contributed by atoms with Crippen LogP contribution in [0.4, 0.5) is 18.0 Å². The first-order chi connectivity index (χ1) is 8.83. The number of carbonyl (C=O) groups excluding carboxylic acids is 2. The highest BCUT2D eigenvalue weighted by Crippen LogP contribution is 2.13. The van der Waals surface area contributed by atoms with Crippen molar-refractivity contribution in [1.29, 1.82) is 0 Å². The Morgan fingerprint density at radius 2 is 1.70 bits per heavy atom. The van der Waals surface area contributed by atoms with E-state index in [2.05, 4.69) is 0 Å². The molecule has 0 heterocycles. The SMILES string of the molecule is CC(C)(C)OC(=O)NC(CNC(=O)C(F)(F)F)C(=O)O. The van der Waals surface area contributed by atoms with Gasteiger partial charge in [-0.1, -0.05) is 0 Å². The number of halogens is 3. The van der Waals surface area contributed by atoms with E-state index in [-0.39, 0.29) is 0 Å². The van der Waals surface area contributed by atoms with Gasteiger partial charge >= 0.3 is 24.1 Å². The van der Waals surface area contributed by atoms with Crippen LogP contribution in [-0.2, 0) is 14.3 Å². The highest BCUT2D eigenvalue weighted by molar-refractivity contribution is 5.84. The molecule has 0 aromatic heterocycles. The van der Waals surface area contributed by atoms with Crippen molar-refractivity contribution < 1.29 is 37.4 Å². The number of rotatable bonds is 4. The third kappa shape index (κ3) is 7.44. The number of carboxylic acids is 1. The molecule has 0 aliphatic rings. The lowest BCUT2D eigenvalue weighted by Gasteiger charge is -2.22. The summed E-state index contributed by atoms with van der Waals surface area (Å²) in [6.07, 6.45) is -6.25. The number of carboxylic acid groups (broad SMARTS) is 1. The number of alkyl carbamates (subject to hydrolysis) is 1. The van der Waals surface area contributed by atoms with E-state index in [9.17, 15) is 27.6 Å². The summed E-state index contributed by atoms with van der Waals surface area (Å²) in [6, 6.07) is -1.74. The second-order valence-corrected chi connectivity index (χ2v) is 4.74. The molecule has 0 saturated heterocycles. The Balaban J connectivity index is 4.50. The summed E-state index contributed by atoms with van der Waals surface area (Å²) < 4.78 is 40.5. The fourth-order valence-corrected chi connectivity index (χ4v) is 0.945. The maximum atomic E-state index is 11.9. The molecular weight excluding hydrogens is 285 g/mol. The summed E-state index contributed by atoms with van der Waals surface area (Å²) in [5, 5.41) is 11.9. The molecule has 0 radical (unpaired) electrons. The van der Waals surface area contributed by atoms with Crippen LogP contribution in [0, 0.1) is 0 Å². The molecule has 0 aliphatic carbocycles. The van der Waals surface area contributed by atoms with Crippen LogP contribution in [0.25, 0.3) is 0 Å². The number of nitrogens with one attached hydrogen (secondary N) is 2. The van der Waals surface area contributed by atoms with Crippen LogP contribution >= 0.6 is 0 Å². The third-order valence-electron chi connectivity index (χ3n) is 1.71. The minimum atomic E-state index is -5.13. The predicted molar refractivity (Wildman–Crippen MR) is 59.9 cm³/mol. The molecule has 3 N–H and O–H groups in total. The van der Waals surface area contributed by atoms with E-state index in [1.54, 1.807) is 0 Å². The fraction of sp³-hybridized carbons (Fsp3) is 0.700. The third-order valence-corrected chi connectivity index (χ3v) is 1.71. The fourth-order valence-electron chi connectivity index (χ4n) is 0.945. The molecule has 0 aromatic rings. The first kappa shape index (κ1) is 18.0. The summed E-state index contributed by atoms with van der Waals surface area (Å²) >= 11 is 0. The molecule has 1 atom stereocenters. The number of alkyl halides is 3. The predicted octanol–water partition coefficient (Wildman–Crippen LogP) is 0.643. The average molecular weight is 300 g/mol. The zero-order valence-corrected chi connectivity index (χ0v) is 11.0. The van der Waals surface area contributed by atoms with Crippen molar-refractivity contribution in [3.8, 4) is 0 Å². The van der Waals surface area contributed by atoms with E-state index in [1.165, 1.54) is 26.1 Å². The summed E-state index contributed by atoms with van der Waals surface area (Å²) in [5.74, 6) is -3.91. The van der Waals surface area contributed by atoms with Gasteiger partial charge in [0, 0.05) is 6.54 Å². The number of carbonyl (C=O) groups is 3. The lowest BCUT2D eigenvalue weighted by Crippen LogP contribution is -2.51. The smallest absolute Gasteiger partial charge is 0.471 e. The van der Waals surface area contributed by atoms with Gasteiger partial charge in [-0.25, -0.2) is 9.59 Å². The second kappa shape index (κ2) is 6.44. The Morgan fingerprint density at radius 1 is 1.20 bits per heavy atom. The normalized spacial score (nSPS) is 13.3. The van der Waals surface area contributed by atoms with E-state index < -0.39 is 42.3 Å². The number of amides is 2. The van der Waals surface area contributed by atoms with Gasteiger partial charge in [0.25, 0.3) is 0 Å². The van der Waals surface area contributed by atoms with Gasteiger partial charge in [0.2, 0.25) is 0 Å². The maximum Gasteiger partial charge on any atom is 0.471 e. The molecule has 2 amide bonds. The number of aliphatic carboxylic acids is 1. The Kier molecular flexibility index (Phi) is 5.79. The minimum absolute atomic E-state index is 0.900. The van der Waals surface area contributed by atoms with Crippen LogP contribution in [0.5, 0.6) is 0 Å². The van der Waals surface area contributed by atoms with Gasteiger partial charge in [-0.3, -0.25) is 4.79 Å². The largest absolute Gasteiger partial charge is 0.480 e. The van der Waals surface area contributed by atoms with Crippen LogP contribution in [0.3, 0.4) is 0 Å². The van der Waals surface area contributed by atoms with Crippen LogP contribution in [0.15, 0.2) is 0 Å². The van der Waals surface area contributed by atoms with E-state index >= 15 is 0 Å². The first-order valence-corrected chi connectivity index (χ1v) is 5.40. The highest BCUT2D eigenvalue weighted by atomic mass is 19.4. The molecule has 0 aromatic carbocycles. The van der Waals surface area contributed by atoms with Crippen molar-refractivity contribution in [3.63, 3.8) is 0 Å². The van der Waals surface area contributed by atoms with Crippen molar-refractivity contribution in [2.75, 3.05) is 6.54 Å². The van der Waals surface area contributed by atoms with Crippen LogP contribution in [0.2, 0.25) is 0 Å². The molecule has 0 rings (SSSR count). The molecule has 10 heteroatoms. The number of hydrogen-bond acceptors (Lipinski definition) is 4. The Morgan fingerprint density at radius 3 is 2.05 bits per heavy atom. The van der Waals surface area contributed by atoms with Crippen molar-refractivity contribution in [1.82, 2.24) is 10.6 Å². The van der Waals surface area contributed by atoms with Gasteiger partial charge in [-0.15, -0.1) is 0 Å². The lowest BCUT2D eigenvalue weighted by molar-refractivity contribution is -0.173. The molecule has 7 nitrogen and oxygen atoms in total. The molecule has 0 bridgehead atoms. The van der Waals surface area contributed by atoms with Crippen LogP contribution < -0.4 is 10.6 Å². The lowest BCUT2D eigenvalue weighted by atomic mass is 10.2. The molecule has 0 fully saturated rings. The number of hydrogen-bond donors (Lipinski definition) is 3. The zero-order valence-electron chi connectivity index (χ0n) is 11.0. The molecule has 20 heavy (non-hydrogen) atoms. The van der Waals surface area contributed by atoms with Crippen molar-refractivity contribution >= 4 is 18.0 Å². The summed E-state index contributed by atoms with van der Waals surface area (Å²) in [7, 11) is 0. The number of ether oxygens (including phenoxy) is 1. The molecular formula is C10H15F3N2O5. The Bertz CT molecular complexity index is 389. The van der Waals surface area contributed by atoms with Gasteiger partial charge in [0.05, 0.1) is 0 Å². The topological polar surface area (TPSA) is 105 Å². The Hall–Kier alpha value is -2.00.